The van der Waals surface area contributed by atoms with Gasteiger partial charge < -0.3 is 9.84 Å². The molecular formula is C12H12Cl2O2. The SMILES string of the molecule is OC1C=CC(OC2CC=C(Cl)C=C2Cl)=CC1. The molecule has 2 atom stereocenters. The van der Waals surface area contributed by atoms with E-state index in [1.807, 2.05) is 12.2 Å². The highest BCUT2D eigenvalue weighted by molar-refractivity contribution is 6.35. The van der Waals surface area contributed by atoms with Crippen molar-refractivity contribution in [1.29, 1.82) is 0 Å². The predicted octanol–water partition coefficient (Wildman–Crippen LogP) is 3.23. The molecule has 0 aromatic carbocycles. The molecule has 0 aromatic heterocycles. The summed E-state index contributed by atoms with van der Waals surface area (Å²) < 4.78 is 5.70. The Morgan fingerprint density at radius 3 is 2.69 bits per heavy atom. The molecule has 0 aromatic rings. The molecule has 0 saturated carbocycles. The zero-order valence-electron chi connectivity index (χ0n) is 8.57. The van der Waals surface area contributed by atoms with E-state index < -0.39 is 6.10 Å². The van der Waals surface area contributed by atoms with Crippen LogP contribution in [0.1, 0.15) is 12.8 Å². The van der Waals surface area contributed by atoms with Gasteiger partial charge in [-0.1, -0.05) is 35.4 Å². The summed E-state index contributed by atoms with van der Waals surface area (Å²) >= 11 is 11.9. The van der Waals surface area contributed by atoms with Crippen molar-refractivity contribution in [3.8, 4) is 0 Å². The van der Waals surface area contributed by atoms with Crippen molar-refractivity contribution in [3.05, 3.63) is 46.2 Å². The molecule has 4 heteroatoms. The monoisotopic (exact) mass is 258 g/mol. The van der Waals surface area contributed by atoms with Crippen LogP contribution in [0.4, 0.5) is 0 Å². The Hall–Kier alpha value is -0.700. The number of hydrogen-bond donors (Lipinski definition) is 1. The minimum atomic E-state index is -0.404. The molecule has 2 rings (SSSR count). The molecule has 0 heterocycles. The molecule has 0 amide bonds. The molecule has 2 nitrogen and oxygen atoms in total. The Balaban J connectivity index is 1.97. The fraction of sp³-hybridized carbons (Fsp3) is 0.333. The lowest BCUT2D eigenvalue weighted by molar-refractivity contribution is 0.154. The third-order valence-corrected chi connectivity index (χ3v) is 3.05. The van der Waals surface area contributed by atoms with E-state index in [9.17, 15) is 5.11 Å². The van der Waals surface area contributed by atoms with Crippen LogP contribution in [-0.4, -0.2) is 17.3 Å². The average Bonchev–Trinajstić information content (AvgIpc) is 2.25. The van der Waals surface area contributed by atoms with E-state index in [2.05, 4.69) is 0 Å². The summed E-state index contributed by atoms with van der Waals surface area (Å²) in [7, 11) is 0. The van der Waals surface area contributed by atoms with Crippen molar-refractivity contribution >= 4 is 23.2 Å². The van der Waals surface area contributed by atoms with Gasteiger partial charge in [0.05, 0.1) is 11.1 Å². The zero-order chi connectivity index (χ0) is 11.5. The van der Waals surface area contributed by atoms with E-state index in [0.717, 1.165) is 5.76 Å². The Labute approximate surface area is 104 Å². The molecular weight excluding hydrogens is 247 g/mol. The van der Waals surface area contributed by atoms with Crippen molar-refractivity contribution in [2.24, 2.45) is 0 Å². The van der Waals surface area contributed by atoms with E-state index in [1.165, 1.54) is 0 Å². The topological polar surface area (TPSA) is 29.5 Å². The fourth-order valence-corrected chi connectivity index (χ4v) is 2.07. The molecule has 2 unspecified atom stereocenters. The minimum Gasteiger partial charge on any atom is -0.485 e. The van der Waals surface area contributed by atoms with E-state index in [0.29, 0.717) is 22.9 Å². The highest BCUT2D eigenvalue weighted by Crippen LogP contribution is 2.28. The summed E-state index contributed by atoms with van der Waals surface area (Å²) in [5, 5.41) is 10.5. The van der Waals surface area contributed by atoms with Crippen LogP contribution in [0, 0.1) is 0 Å². The molecule has 0 saturated heterocycles. The van der Waals surface area contributed by atoms with E-state index in [-0.39, 0.29) is 6.10 Å². The smallest absolute Gasteiger partial charge is 0.138 e. The highest BCUT2D eigenvalue weighted by atomic mass is 35.5. The second-order valence-corrected chi connectivity index (χ2v) is 4.60. The standard InChI is InChI=1S/C12H12Cl2O2/c13-8-1-6-12(11(14)7-8)16-10-4-2-9(15)3-5-10/h1-2,4-5,7,9,12,15H,3,6H2. The van der Waals surface area contributed by atoms with Gasteiger partial charge in [-0.25, -0.2) is 0 Å². The number of ether oxygens (including phenoxy) is 1. The summed E-state index contributed by atoms with van der Waals surface area (Å²) in [6.45, 7) is 0. The third kappa shape index (κ3) is 2.91. The quantitative estimate of drug-likeness (QED) is 0.825. The molecule has 0 bridgehead atoms. The fourth-order valence-electron chi connectivity index (χ4n) is 1.56. The Morgan fingerprint density at radius 1 is 1.25 bits per heavy atom. The first-order valence-corrected chi connectivity index (χ1v) is 5.86. The second kappa shape index (κ2) is 5.09. The average molecular weight is 259 g/mol. The van der Waals surface area contributed by atoms with Crippen molar-refractivity contribution in [2.45, 2.75) is 25.0 Å². The molecule has 0 fully saturated rings. The summed E-state index contributed by atoms with van der Waals surface area (Å²) in [5.74, 6) is 0.744. The lowest BCUT2D eigenvalue weighted by Crippen LogP contribution is -2.16. The van der Waals surface area contributed by atoms with Crippen LogP contribution in [0.2, 0.25) is 0 Å². The third-order valence-electron chi connectivity index (χ3n) is 2.43. The van der Waals surface area contributed by atoms with Gasteiger partial charge in [-0.05, 0) is 24.6 Å². The molecule has 0 spiro atoms. The van der Waals surface area contributed by atoms with Gasteiger partial charge in [0.1, 0.15) is 11.9 Å². The van der Waals surface area contributed by atoms with Gasteiger partial charge in [0.15, 0.2) is 0 Å². The summed E-state index contributed by atoms with van der Waals surface area (Å²) in [6.07, 6.45) is 9.57. The minimum absolute atomic E-state index is 0.171. The largest absolute Gasteiger partial charge is 0.485 e. The van der Waals surface area contributed by atoms with Gasteiger partial charge in [-0.15, -0.1) is 0 Å². The maximum atomic E-state index is 9.27. The van der Waals surface area contributed by atoms with Crippen molar-refractivity contribution in [3.63, 3.8) is 0 Å². The summed E-state index contributed by atoms with van der Waals surface area (Å²) in [4.78, 5) is 0. The van der Waals surface area contributed by atoms with Gasteiger partial charge in [0, 0.05) is 11.5 Å². The predicted molar refractivity (Wildman–Crippen MR) is 65.2 cm³/mol. The number of aliphatic hydroxyl groups excluding tert-OH is 1. The number of hydrogen-bond acceptors (Lipinski definition) is 2. The maximum Gasteiger partial charge on any atom is 0.138 e. The van der Waals surface area contributed by atoms with Gasteiger partial charge >= 0.3 is 0 Å². The lowest BCUT2D eigenvalue weighted by atomic mass is 10.1. The van der Waals surface area contributed by atoms with Gasteiger partial charge in [-0.2, -0.15) is 0 Å². The maximum absolute atomic E-state index is 9.27. The number of allylic oxidation sites excluding steroid dienone is 3. The molecule has 1 N–H and O–H groups in total. The molecule has 86 valence electrons. The van der Waals surface area contributed by atoms with Crippen molar-refractivity contribution in [2.75, 3.05) is 0 Å². The van der Waals surface area contributed by atoms with E-state index in [1.54, 1.807) is 18.2 Å². The second-order valence-electron chi connectivity index (χ2n) is 3.73. The van der Waals surface area contributed by atoms with Crippen LogP contribution in [0.25, 0.3) is 0 Å². The van der Waals surface area contributed by atoms with E-state index in [4.69, 9.17) is 27.9 Å². The van der Waals surface area contributed by atoms with Crippen LogP contribution >= 0.6 is 23.2 Å². The molecule has 2 aliphatic rings. The van der Waals surface area contributed by atoms with Gasteiger partial charge in [0.2, 0.25) is 0 Å². The Bertz CT molecular complexity index is 394. The molecule has 2 aliphatic carbocycles. The summed E-state index contributed by atoms with van der Waals surface area (Å²) in [5.41, 5.74) is 0. The van der Waals surface area contributed by atoms with Gasteiger partial charge in [-0.3, -0.25) is 0 Å². The van der Waals surface area contributed by atoms with E-state index >= 15 is 0 Å². The zero-order valence-corrected chi connectivity index (χ0v) is 10.1. The first kappa shape index (κ1) is 11.8. The summed E-state index contributed by atoms with van der Waals surface area (Å²) in [6, 6.07) is 0. The number of rotatable bonds is 2. The van der Waals surface area contributed by atoms with Crippen LogP contribution in [0.3, 0.4) is 0 Å². The molecule has 0 aliphatic heterocycles. The normalized spacial score (nSPS) is 29.3. The number of aliphatic hydroxyl groups is 1. The van der Waals surface area contributed by atoms with Crippen LogP contribution in [-0.2, 0) is 4.74 Å². The van der Waals surface area contributed by atoms with Crippen LogP contribution in [0.5, 0.6) is 0 Å². The highest BCUT2D eigenvalue weighted by Gasteiger charge is 2.18. The molecule has 16 heavy (non-hydrogen) atoms. The Kier molecular flexibility index (Phi) is 3.74. The van der Waals surface area contributed by atoms with Gasteiger partial charge in [0.25, 0.3) is 0 Å². The lowest BCUT2D eigenvalue weighted by Gasteiger charge is -2.22. The molecule has 0 radical (unpaired) electrons. The number of halogens is 2. The van der Waals surface area contributed by atoms with Crippen molar-refractivity contribution < 1.29 is 9.84 Å². The van der Waals surface area contributed by atoms with Crippen LogP contribution < -0.4 is 0 Å². The van der Waals surface area contributed by atoms with Crippen LogP contribution in [0.15, 0.2) is 46.2 Å². The first-order valence-electron chi connectivity index (χ1n) is 5.11. The Morgan fingerprint density at radius 2 is 2.06 bits per heavy atom. The first-order chi connectivity index (χ1) is 7.65. The van der Waals surface area contributed by atoms with Crippen molar-refractivity contribution in [1.82, 2.24) is 0 Å².